The standard InChI is InChI=1S/C15H25NO2/c1-5-6-11-9-12-7-8-13(10-11)16(12)14(17)18-15(2,3)4/h6,12-13H,5,7-10H2,1-4H3. The first-order chi connectivity index (χ1) is 8.40. The number of amides is 1. The van der Waals surface area contributed by atoms with Crippen molar-refractivity contribution < 1.29 is 9.53 Å². The summed E-state index contributed by atoms with van der Waals surface area (Å²) in [6, 6.07) is 0.743. The summed E-state index contributed by atoms with van der Waals surface area (Å²) in [5.74, 6) is 0. The molecule has 0 aromatic carbocycles. The Balaban J connectivity index is 2.05. The lowest BCUT2D eigenvalue weighted by atomic mass is 9.96. The normalized spacial score (nSPS) is 27.3. The summed E-state index contributed by atoms with van der Waals surface area (Å²) in [6.45, 7) is 7.96. The molecule has 0 aromatic rings. The Labute approximate surface area is 110 Å². The average Bonchev–Trinajstić information content (AvgIpc) is 2.49. The van der Waals surface area contributed by atoms with E-state index in [-0.39, 0.29) is 6.09 Å². The molecule has 2 fully saturated rings. The Morgan fingerprint density at radius 1 is 1.33 bits per heavy atom. The van der Waals surface area contributed by atoms with Crippen LogP contribution in [-0.4, -0.2) is 28.7 Å². The van der Waals surface area contributed by atoms with Gasteiger partial charge in [0.25, 0.3) is 0 Å². The fraction of sp³-hybridized carbons (Fsp3) is 0.800. The molecule has 2 unspecified atom stereocenters. The summed E-state index contributed by atoms with van der Waals surface area (Å²) in [7, 11) is 0. The minimum absolute atomic E-state index is 0.120. The first-order valence-electron chi connectivity index (χ1n) is 7.10. The fourth-order valence-electron chi connectivity index (χ4n) is 3.12. The highest BCUT2D eigenvalue weighted by atomic mass is 16.6. The zero-order valence-electron chi connectivity index (χ0n) is 12.0. The SMILES string of the molecule is CCC=C1CC2CCC(C1)N2C(=O)OC(C)(C)C. The first-order valence-corrected chi connectivity index (χ1v) is 7.10. The van der Waals surface area contributed by atoms with Crippen LogP contribution in [0, 0.1) is 0 Å². The van der Waals surface area contributed by atoms with Gasteiger partial charge in [0, 0.05) is 12.1 Å². The number of carbonyl (C=O) groups excluding carboxylic acids is 1. The van der Waals surface area contributed by atoms with Gasteiger partial charge < -0.3 is 9.64 Å². The van der Waals surface area contributed by atoms with Crippen molar-refractivity contribution >= 4 is 6.09 Å². The Morgan fingerprint density at radius 2 is 1.89 bits per heavy atom. The van der Waals surface area contributed by atoms with E-state index in [1.807, 2.05) is 25.7 Å². The van der Waals surface area contributed by atoms with E-state index in [0.29, 0.717) is 12.1 Å². The molecule has 2 heterocycles. The minimum atomic E-state index is -0.393. The molecular weight excluding hydrogens is 226 g/mol. The molecule has 3 nitrogen and oxygen atoms in total. The van der Waals surface area contributed by atoms with Crippen molar-refractivity contribution in [3.8, 4) is 0 Å². The summed E-state index contributed by atoms with van der Waals surface area (Å²) in [5, 5.41) is 0. The number of hydrogen-bond donors (Lipinski definition) is 0. The molecule has 2 bridgehead atoms. The van der Waals surface area contributed by atoms with Crippen LogP contribution in [0.2, 0.25) is 0 Å². The lowest BCUT2D eigenvalue weighted by Gasteiger charge is -2.37. The molecule has 0 N–H and O–H groups in total. The van der Waals surface area contributed by atoms with Gasteiger partial charge in [0.1, 0.15) is 5.60 Å². The molecule has 3 heteroatoms. The Hall–Kier alpha value is -0.990. The number of nitrogens with zero attached hydrogens (tertiary/aromatic N) is 1. The Bertz CT molecular complexity index is 338. The van der Waals surface area contributed by atoms with Gasteiger partial charge in [-0.1, -0.05) is 18.6 Å². The maximum absolute atomic E-state index is 12.2. The lowest BCUT2D eigenvalue weighted by Crippen LogP contribution is -2.47. The van der Waals surface area contributed by atoms with Crippen molar-refractivity contribution in [3.05, 3.63) is 11.6 Å². The molecule has 0 aromatic heterocycles. The first kappa shape index (κ1) is 13.4. The molecule has 18 heavy (non-hydrogen) atoms. The van der Waals surface area contributed by atoms with E-state index in [1.165, 1.54) is 5.57 Å². The van der Waals surface area contributed by atoms with Gasteiger partial charge >= 0.3 is 6.09 Å². The van der Waals surface area contributed by atoms with Crippen molar-refractivity contribution in [2.45, 2.75) is 77.5 Å². The second-order valence-corrected chi connectivity index (χ2v) is 6.45. The molecule has 0 radical (unpaired) electrons. The maximum atomic E-state index is 12.2. The molecule has 0 aliphatic carbocycles. The molecule has 0 spiro atoms. The second-order valence-electron chi connectivity index (χ2n) is 6.45. The highest BCUT2D eigenvalue weighted by Gasteiger charge is 2.42. The van der Waals surface area contributed by atoms with Gasteiger partial charge in [-0.2, -0.15) is 0 Å². The van der Waals surface area contributed by atoms with E-state index in [2.05, 4.69) is 13.0 Å². The van der Waals surface area contributed by atoms with E-state index >= 15 is 0 Å². The molecule has 2 aliphatic heterocycles. The van der Waals surface area contributed by atoms with Gasteiger partial charge in [0.05, 0.1) is 0 Å². The highest BCUT2D eigenvalue weighted by molar-refractivity contribution is 5.70. The molecule has 102 valence electrons. The third-order valence-corrected chi connectivity index (χ3v) is 3.71. The molecule has 2 rings (SSSR count). The van der Waals surface area contributed by atoms with Crippen molar-refractivity contribution in [2.24, 2.45) is 0 Å². The van der Waals surface area contributed by atoms with Gasteiger partial charge in [0.15, 0.2) is 0 Å². The van der Waals surface area contributed by atoms with Crippen LogP contribution in [0.1, 0.15) is 59.8 Å². The summed E-state index contributed by atoms with van der Waals surface area (Å²) in [5.41, 5.74) is 1.14. The largest absolute Gasteiger partial charge is 0.444 e. The van der Waals surface area contributed by atoms with Crippen molar-refractivity contribution in [1.29, 1.82) is 0 Å². The van der Waals surface area contributed by atoms with Crippen molar-refractivity contribution in [2.75, 3.05) is 0 Å². The van der Waals surface area contributed by atoms with Crippen LogP contribution in [0.15, 0.2) is 11.6 Å². The molecule has 1 amide bonds. The number of fused-ring (bicyclic) bond motifs is 2. The fourth-order valence-corrected chi connectivity index (χ4v) is 3.12. The monoisotopic (exact) mass is 251 g/mol. The summed E-state index contributed by atoms with van der Waals surface area (Å²) < 4.78 is 5.52. The lowest BCUT2D eigenvalue weighted by molar-refractivity contribution is 0.0115. The maximum Gasteiger partial charge on any atom is 0.410 e. The van der Waals surface area contributed by atoms with E-state index < -0.39 is 5.60 Å². The van der Waals surface area contributed by atoms with Gasteiger partial charge in [-0.05, 0) is 52.9 Å². The van der Waals surface area contributed by atoms with Gasteiger partial charge in [-0.25, -0.2) is 4.79 Å². The third-order valence-electron chi connectivity index (χ3n) is 3.71. The number of piperidine rings is 1. The zero-order chi connectivity index (χ0) is 13.3. The van der Waals surface area contributed by atoms with E-state index in [1.54, 1.807) is 0 Å². The number of carbonyl (C=O) groups is 1. The summed E-state index contributed by atoms with van der Waals surface area (Å²) in [6.07, 6.45) is 7.66. The van der Waals surface area contributed by atoms with Gasteiger partial charge in [-0.3, -0.25) is 0 Å². The minimum Gasteiger partial charge on any atom is -0.444 e. The predicted octanol–water partition coefficient (Wildman–Crippen LogP) is 3.88. The van der Waals surface area contributed by atoms with E-state index in [4.69, 9.17) is 4.74 Å². The van der Waals surface area contributed by atoms with Crippen LogP contribution in [-0.2, 0) is 4.74 Å². The summed E-state index contributed by atoms with van der Waals surface area (Å²) >= 11 is 0. The predicted molar refractivity (Wildman–Crippen MR) is 72.5 cm³/mol. The number of ether oxygens (including phenoxy) is 1. The summed E-state index contributed by atoms with van der Waals surface area (Å²) in [4.78, 5) is 14.2. The van der Waals surface area contributed by atoms with Crippen LogP contribution in [0.5, 0.6) is 0 Å². The van der Waals surface area contributed by atoms with E-state index in [9.17, 15) is 4.79 Å². The van der Waals surface area contributed by atoms with Crippen LogP contribution >= 0.6 is 0 Å². The quantitative estimate of drug-likeness (QED) is 0.662. The highest BCUT2D eigenvalue weighted by Crippen LogP contribution is 2.39. The van der Waals surface area contributed by atoms with Crippen molar-refractivity contribution in [1.82, 2.24) is 4.90 Å². The molecule has 2 aliphatic rings. The van der Waals surface area contributed by atoms with E-state index in [0.717, 1.165) is 32.1 Å². The molecular formula is C15H25NO2. The van der Waals surface area contributed by atoms with Gasteiger partial charge in [-0.15, -0.1) is 0 Å². The van der Waals surface area contributed by atoms with Crippen LogP contribution < -0.4 is 0 Å². The molecule has 0 saturated carbocycles. The smallest absolute Gasteiger partial charge is 0.410 e. The van der Waals surface area contributed by atoms with Crippen molar-refractivity contribution in [3.63, 3.8) is 0 Å². The topological polar surface area (TPSA) is 29.5 Å². The average molecular weight is 251 g/mol. The van der Waals surface area contributed by atoms with Crippen LogP contribution in [0.4, 0.5) is 4.79 Å². The Morgan fingerprint density at radius 3 is 2.33 bits per heavy atom. The second kappa shape index (κ2) is 4.94. The third kappa shape index (κ3) is 2.88. The number of hydrogen-bond acceptors (Lipinski definition) is 2. The van der Waals surface area contributed by atoms with Gasteiger partial charge in [0.2, 0.25) is 0 Å². The van der Waals surface area contributed by atoms with Crippen LogP contribution in [0.3, 0.4) is 0 Å². The number of rotatable bonds is 1. The van der Waals surface area contributed by atoms with Crippen LogP contribution in [0.25, 0.3) is 0 Å². The molecule has 2 atom stereocenters. The molecule has 2 saturated heterocycles. The zero-order valence-corrected chi connectivity index (χ0v) is 12.0. The number of allylic oxidation sites excluding steroid dienone is 1. The Kier molecular flexibility index (Phi) is 3.69.